The van der Waals surface area contributed by atoms with E-state index in [1.807, 2.05) is 91.0 Å². The summed E-state index contributed by atoms with van der Waals surface area (Å²) in [6.45, 7) is 1.54. The lowest BCUT2D eigenvalue weighted by Crippen LogP contribution is -2.58. The predicted molar refractivity (Wildman–Crippen MR) is 130 cm³/mol. The Labute approximate surface area is 203 Å². The highest BCUT2D eigenvalue weighted by Gasteiger charge is 2.46. The summed E-state index contributed by atoms with van der Waals surface area (Å²) in [5.41, 5.74) is 3.18. The first-order valence-corrected chi connectivity index (χ1v) is 12.0. The molecule has 1 aliphatic rings. The van der Waals surface area contributed by atoms with Crippen molar-refractivity contribution in [3.8, 4) is 0 Å². The number of ether oxygens (including phenoxy) is 4. The Morgan fingerprint density at radius 3 is 1.64 bits per heavy atom. The molecular formula is C27H29BrO5. The van der Waals surface area contributed by atoms with Crippen molar-refractivity contribution < 1.29 is 24.1 Å². The van der Waals surface area contributed by atoms with E-state index in [-0.39, 0.29) is 6.61 Å². The van der Waals surface area contributed by atoms with E-state index in [2.05, 4.69) is 15.9 Å². The van der Waals surface area contributed by atoms with Crippen LogP contribution in [0, 0.1) is 0 Å². The minimum absolute atomic E-state index is 0.274. The van der Waals surface area contributed by atoms with Gasteiger partial charge in [0, 0.05) is 0 Å². The summed E-state index contributed by atoms with van der Waals surface area (Å²) in [6, 6.07) is 29.9. The Bertz CT molecular complexity index is 941. The van der Waals surface area contributed by atoms with Gasteiger partial charge in [0.1, 0.15) is 18.3 Å². The van der Waals surface area contributed by atoms with Gasteiger partial charge in [-0.3, -0.25) is 0 Å². The third-order valence-corrected chi connectivity index (χ3v) is 6.53. The van der Waals surface area contributed by atoms with Gasteiger partial charge in [-0.05, 0) is 16.7 Å². The number of aliphatic hydroxyl groups excluding tert-OH is 1. The summed E-state index contributed by atoms with van der Waals surface area (Å²) < 4.78 is 24.5. The smallest absolute Gasteiger partial charge is 0.170 e. The highest BCUT2D eigenvalue weighted by molar-refractivity contribution is 9.09. The van der Waals surface area contributed by atoms with E-state index in [0.717, 1.165) is 16.7 Å². The lowest BCUT2D eigenvalue weighted by Gasteiger charge is -2.42. The molecule has 4 rings (SSSR count). The van der Waals surface area contributed by atoms with Crippen LogP contribution in [-0.2, 0) is 38.8 Å². The van der Waals surface area contributed by atoms with Gasteiger partial charge < -0.3 is 24.1 Å². The molecule has 0 saturated carbocycles. The molecule has 1 aliphatic heterocycles. The molecular weight excluding hydrogens is 484 g/mol. The van der Waals surface area contributed by atoms with Crippen LogP contribution in [0.4, 0.5) is 0 Å². The van der Waals surface area contributed by atoms with Gasteiger partial charge in [0.25, 0.3) is 0 Å². The molecule has 1 fully saturated rings. The molecule has 0 unspecified atom stereocenters. The standard InChI is InChI=1S/C27H29BrO5/c28-24-26(32-18-22-14-8-3-9-15-22)25(31-17-21-12-6-2-7-13-21)23(33-27(24)29)19-30-16-20-10-4-1-5-11-20/h1-15,23-27,29H,16-19H2/t23-,24+,25-,26-,27+/m1/s1. The Morgan fingerprint density at radius 1 is 0.667 bits per heavy atom. The Hall–Kier alpha value is -2.06. The maximum atomic E-state index is 10.6. The largest absolute Gasteiger partial charge is 0.374 e. The highest BCUT2D eigenvalue weighted by Crippen LogP contribution is 2.31. The number of rotatable bonds is 10. The number of benzene rings is 3. The summed E-state index contributed by atoms with van der Waals surface area (Å²) in [4.78, 5) is -0.438. The predicted octanol–water partition coefficient (Wildman–Crippen LogP) is 4.85. The van der Waals surface area contributed by atoms with Gasteiger partial charge >= 0.3 is 0 Å². The van der Waals surface area contributed by atoms with Gasteiger partial charge in [0.05, 0.1) is 31.3 Å². The molecule has 0 bridgehead atoms. The van der Waals surface area contributed by atoms with E-state index >= 15 is 0 Å². The summed E-state index contributed by atoms with van der Waals surface area (Å²) >= 11 is 3.57. The van der Waals surface area contributed by atoms with Crippen molar-refractivity contribution in [1.82, 2.24) is 0 Å². The molecule has 5 nitrogen and oxygen atoms in total. The Kier molecular flexibility index (Phi) is 9.06. The second kappa shape index (κ2) is 12.4. The van der Waals surface area contributed by atoms with Gasteiger partial charge in [-0.2, -0.15) is 0 Å². The molecule has 1 heterocycles. The van der Waals surface area contributed by atoms with Crippen molar-refractivity contribution in [3.63, 3.8) is 0 Å². The van der Waals surface area contributed by atoms with Crippen molar-refractivity contribution in [2.75, 3.05) is 6.61 Å². The number of hydrogen-bond donors (Lipinski definition) is 1. The van der Waals surface area contributed by atoms with Crippen LogP contribution in [0.25, 0.3) is 0 Å². The van der Waals surface area contributed by atoms with Crippen LogP contribution in [0.1, 0.15) is 16.7 Å². The fraction of sp³-hybridized carbons (Fsp3) is 0.333. The fourth-order valence-corrected chi connectivity index (χ4v) is 4.39. The van der Waals surface area contributed by atoms with E-state index in [1.54, 1.807) is 0 Å². The van der Waals surface area contributed by atoms with Crippen molar-refractivity contribution >= 4 is 15.9 Å². The van der Waals surface area contributed by atoms with Gasteiger partial charge in [-0.25, -0.2) is 0 Å². The van der Waals surface area contributed by atoms with E-state index < -0.39 is 29.4 Å². The van der Waals surface area contributed by atoms with Crippen molar-refractivity contribution in [3.05, 3.63) is 108 Å². The maximum absolute atomic E-state index is 10.6. The maximum Gasteiger partial charge on any atom is 0.170 e. The average Bonchev–Trinajstić information content (AvgIpc) is 2.86. The van der Waals surface area contributed by atoms with E-state index in [9.17, 15) is 5.11 Å². The number of alkyl halides is 1. The zero-order chi connectivity index (χ0) is 22.9. The minimum atomic E-state index is -1.03. The van der Waals surface area contributed by atoms with E-state index in [0.29, 0.717) is 19.8 Å². The third kappa shape index (κ3) is 6.96. The second-order valence-electron chi connectivity index (χ2n) is 8.03. The van der Waals surface area contributed by atoms with Crippen LogP contribution < -0.4 is 0 Å². The molecule has 1 saturated heterocycles. The van der Waals surface area contributed by atoms with Crippen molar-refractivity contribution in [1.29, 1.82) is 0 Å². The zero-order valence-electron chi connectivity index (χ0n) is 18.3. The molecule has 0 radical (unpaired) electrons. The minimum Gasteiger partial charge on any atom is -0.374 e. The third-order valence-electron chi connectivity index (χ3n) is 5.55. The topological polar surface area (TPSA) is 57.2 Å². The molecule has 5 atom stereocenters. The number of hydrogen-bond acceptors (Lipinski definition) is 5. The van der Waals surface area contributed by atoms with E-state index in [4.69, 9.17) is 18.9 Å². The highest BCUT2D eigenvalue weighted by atomic mass is 79.9. The summed E-state index contributed by atoms with van der Waals surface area (Å²) in [7, 11) is 0. The Balaban J connectivity index is 1.46. The summed E-state index contributed by atoms with van der Waals surface area (Å²) in [5, 5.41) is 10.6. The average molecular weight is 513 g/mol. The molecule has 33 heavy (non-hydrogen) atoms. The zero-order valence-corrected chi connectivity index (χ0v) is 19.9. The van der Waals surface area contributed by atoms with Crippen molar-refractivity contribution in [2.24, 2.45) is 0 Å². The summed E-state index contributed by atoms with van der Waals surface area (Å²) in [6.07, 6.45) is -2.38. The quantitative estimate of drug-likeness (QED) is 0.393. The van der Waals surface area contributed by atoms with E-state index in [1.165, 1.54) is 0 Å². The molecule has 0 amide bonds. The van der Waals surface area contributed by atoms with Gasteiger partial charge in [-0.15, -0.1) is 0 Å². The Morgan fingerprint density at radius 2 is 1.12 bits per heavy atom. The van der Waals surface area contributed by atoms with Crippen molar-refractivity contribution in [2.45, 2.75) is 49.2 Å². The number of aliphatic hydroxyl groups is 1. The van der Waals surface area contributed by atoms with Crippen LogP contribution in [0.2, 0.25) is 0 Å². The molecule has 0 aliphatic carbocycles. The van der Waals surface area contributed by atoms with Crippen LogP contribution in [0.3, 0.4) is 0 Å². The lowest BCUT2D eigenvalue weighted by atomic mass is 10.0. The molecule has 1 N–H and O–H groups in total. The van der Waals surface area contributed by atoms with Gasteiger partial charge in [-0.1, -0.05) is 107 Å². The lowest BCUT2D eigenvalue weighted by molar-refractivity contribution is -0.260. The van der Waals surface area contributed by atoms with Crippen LogP contribution in [0.15, 0.2) is 91.0 Å². The van der Waals surface area contributed by atoms with Crippen LogP contribution in [0.5, 0.6) is 0 Å². The van der Waals surface area contributed by atoms with Crippen LogP contribution >= 0.6 is 15.9 Å². The molecule has 3 aromatic rings. The summed E-state index contributed by atoms with van der Waals surface area (Å²) in [5.74, 6) is 0. The fourth-order valence-electron chi connectivity index (χ4n) is 3.81. The first kappa shape index (κ1) is 24.1. The normalized spacial score (nSPS) is 25.1. The molecule has 6 heteroatoms. The molecule has 174 valence electrons. The van der Waals surface area contributed by atoms with Gasteiger partial charge in [0.2, 0.25) is 0 Å². The molecule has 0 spiro atoms. The first-order valence-electron chi connectivity index (χ1n) is 11.1. The monoisotopic (exact) mass is 512 g/mol. The van der Waals surface area contributed by atoms with Gasteiger partial charge in [0.15, 0.2) is 6.29 Å². The molecule has 0 aromatic heterocycles. The van der Waals surface area contributed by atoms with Crippen LogP contribution in [-0.4, -0.2) is 41.1 Å². The number of halogens is 1. The molecule has 3 aromatic carbocycles. The first-order chi connectivity index (χ1) is 16.2. The SMILES string of the molecule is O[C@H]1O[C@H](COCc2ccccc2)[C@@H](OCc2ccccc2)[C@H](OCc2ccccc2)[C@@H]1Br. The second-order valence-corrected chi connectivity index (χ2v) is 9.09.